The first-order valence-corrected chi connectivity index (χ1v) is 6.15. The maximum atomic E-state index is 11.5. The molecule has 0 aromatic carbocycles. The van der Waals surface area contributed by atoms with Crippen molar-refractivity contribution in [2.45, 2.75) is 6.42 Å². The van der Waals surface area contributed by atoms with Crippen molar-refractivity contribution in [3.63, 3.8) is 0 Å². The van der Waals surface area contributed by atoms with E-state index in [0.717, 1.165) is 0 Å². The summed E-state index contributed by atoms with van der Waals surface area (Å²) in [5.41, 5.74) is 5.36. The van der Waals surface area contributed by atoms with Crippen molar-refractivity contribution in [3.8, 4) is 0 Å². The molecule has 0 atom stereocenters. The van der Waals surface area contributed by atoms with Crippen molar-refractivity contribution in [1.82, 2.24) is 4.90 Å². The largest absolute Gasteiger partial charge is 0.393 e. The predicted molar refractivity (Wildman–Crippen MR) is 72.6 cm³/mol. The Labute approximate surface area is 113 Å². The second kappa shape index (κ2) is 11.3. The van der Waals surface area contributed by atoms with Gasteiger partial charge >= 0.3 is 0 Å². The van der Waals surface area contributed by atoms with Gasteiger partial charge in [0.25, 0.3) is 0 Å². The molecule has 0 aliphatic heterocycles. The summed E-state index contributed by atoms with van der Waals surface area (Å²) < 4.78 is 15.2. The zero-order valence-corrected chi connectivity index (χ0v) is 11.8. The number of nitrogens with zero attached hydrogens (tertiary/aromatic N) is 1. The number of thiocarbonyl (C=S) groups is 1. The van der Waals surface area contributed by atoms with Gasteiger partial charge in [0, 0.05) is 27.1 Å². The minimum atomic E-state index is -0.0943. The Kier molecular flexibility index (Phi) is 10.9. The molecule has 0 aliphatic carbocycles. The van der Waals surface area contributed by atoms with Gasteiger partial charge in [0.05, 0.1) is 31.4 Å². The predicted octanol–water partition coefficient (Wildman–Crippen LogP) is -0.199. The number of carbonyl (C=O) groups excluding carboxylic acids is 1. The first-order chi connectivity index (χ1) is 8.57. The van der Waals surface area contributed by atoms with Gasteiger partial charge in [-0.05, 0) is 0 Å². The lowest BCUT2D eigenvalue weighted by Crippen LogP contribution is -2.33. The molecule has 0 unspecified atom stereocenters. The van der Waals surface area contributed by atoms with E-state index in [-0.39, 0.29) is 12.5 Å². The molecule has 18 heavy (non-hydrogen) atoms. The molecule has 0 rings (SSSR count). The molecular formula is C11H22N2O4S. The highest BCUT2D eigenvalue weighted by Crippen LogP contribution is 1.91. The average molecular weight is 278 g/mol. The van der Waals surface area contributed by atoms with Gasteiger partial charge in [-0.25, -0.2) is 0 Å². The molecule has 7 heteroatoms. The normalized spacial score (nSPS) is 10.3. The van der Waals surface area contributed by atoms with E-state index in [4.69, 9.17) is 32.2 Å². The molecule has 106 valence electrons. The molecule has 0 aromatic rings. The van der Waals surface area contributed by atoms with Crippen LogP contribution in [0.25, 0.3) is 0 Å². The summed E-state index contributed by atoms with van der Waals surface area (Å²) >= 11 is 4.74. The lowest BCUT2D eigenvalue weighted by atomic mass is 10.4. The lowest BCUT2D eigenvalue weighted by Gasteiger charge is -2.16. The molecule has 0 radical (unpaired) electrons. The summed E-state index contributed by atoms with van der Waals surface area (Å²) in [6.07, 6.45) is 0.525. The van der Waals surface area contributed by atoms with E-state index < -0.39 is 0 Å². The molecule has 0 aliphatic rings. The number of amides is 1. The fourth-order valence-corrected chi connectivity index (χ4v) is 1.13. The zero-order valence-electron chi connectivity index (χ0n) is 11.0. The molecule has 0 saturated heterocycles. The van der Waals surface area contributed by atoms with Crippen molar-refractivity contribution in [3.05, 3.63) is 0 Å². The van der Waals surface area contributed by atoms with E-state index in [1.807, 2.05) is 0 Å². The molecule has 0 spiro atoms. The van der Waals surface area contributed by atoms with Gasteiger partial charge in [-0.3, -0.25) is 4.79 Å². The molecule has 2 N–H and O–H groups in total. The Hall–Kier alpha value is -0.760. The Morgan fingerprint density at radius 1 is 1.22 bits per heavy atom. The standard InChI is InChI=1S/C11H22N2O4S/c1-13(4-3-10(12)18)11(14)9-17-8-7-16-6-5-15-2/h3-9H2,1-2H3,(H2,12,18). The Morgan fingerprint density at radius 2 is 1.83 bits per heavy atom. The third kappa shape index (κ3) is 10.4. The van der Waals surface area contributed by atoms with Crippen LogP contribution in [0.1, 0.15) is 6.42 Å². The fraction of sp³-hybridized carbons (Fsp3) is 0.818. The van der Waals surface area contributed by atoms with Crippen LogP contribution in [0.15, 0.2) is 0 Å². The lowest BCUT2D eigenvalue weighted by molar-refractivity contribution is -0.135. The molecular weight excluding hydrogens is 256 g/mol. The van der Waals surface area contributed by atoms with Crippen LogP contribution in [0, 0.1) is 0 Å². The van der Waals surface area contributed by atoms with Crippen molar-refractivity contribution in [2.75, 3.05) is 53.7 Å². The second-order valence-electron chi connectivity index (χ2n) is 3.69. The quantitative estimate of drug-likeness (QED) is 0.417. The van der Waals surface area contributed by atoms with E-state index in [0.29, 0.717) is 44.4 Å². The van der Waals surface area contributed by atoms with E-state index in [1.54, 1.807) is 19.1 Å². The minimum absolute atomic E-state index is 0.0431. The maximum absolute atomic E-state index is 11.5. The summed E-state index contributed by atoms with van der Waals surface area (Å²) in [4.78, 5) is 13.5. The minimum Gasteiger partial charge on any atom is -0.393 e. The molecule has 0 aromatic heterocycles. The highest BCUT2D eigenvalue weighted by atomic mass is 32.1. The Bertz CT molecular complexity index is 251. The van der Waals surface area contributed by atoms with Gasteiger partial charge in [-0.1, -0.05) is 12.2 Å². The SMILES string of the molecule is COCCOCCOCC(=O)N(C)CCC(N)=S. The number of methoxy groups -OCH3 is 1. The van der Waals surface area contributed by atoms with Crippen molar-refractivity contribution in [2.24, 2.45) is 5.73 Å². The molecule has 0 heterocycles. The summed E-state index contributed by atoms with van der Waals surface area (Å²) in [6.45, 7) is 2.48. The monoisotopic (exact) mass is 278 g/mol. The van der Waals surface area contributed by atoms with Crippen molar-refractivity contribution in [1.29, 1.82) is 0 Å². The number of hydrogen-bond acceptors (Lipinski definition) is 5. The number of nitrogens with two attached hydrogens (primary N) is 1. The van der Waals surface area contributed by atoms with E-state index in [1.165, 1.54) is 0 Å². The molecule has 0 saturated carbocycles. The molecule has 0 fully saturated rings. The zero-order chi connectivity index (χ0) is 13.8. The summed E-state index contributed by atoms with van der Waals surface area (Å²) in [6, 6.07) is 0. The number of rotatable bonds is 11. The number of hydrogen-bond donors (Lipinski definition) is 1. The Morgan fingerprint density at radius 3 is 2.44 bits per heavy atom. The highest BCUT2D eigenvalue weighted by Gasteiger charge is 2.08. The van der Waals surface area contributed by atoms with Crippen LogP contribution in [0.3, 0.4) is 0 Å². The number of ether oxygens (including phenoxy) is 3. The van der Waals surface area contributed by atoms with Crippen LogP contribution in [-0.2, 0) is 19.0 Å². The summed E-state index contributed by atoms with van der Waals surface area (Å²) in [5.74, 6) is -0.0943. The van der Waals surface area contributed by atoms with Crippen LogP contribution in [0.4, 0.5) is 0 Å². The van der Waals surface area contributed by atoms with Crippen LogP contribution in [0.2, 0.25) is 0 Å². The topological polar surface area (TPSA) is 74.0 Å². The first-order valence-electron chi connectivity index (χ1n) is 5.74. The fourth-order valence-electron chi connectivity index (χ4n) is 1.03. The van der Waals surface area contributed by atoms with E-state index in [2.05, 4.69) is 0 Å². The van der Waals surface area contributed by atoms with Crippen molar-refractivity contribution >= 4 is 23.1 Å². The van der Waals surface area contributed by atoms with Crippen LogP contribution >= 0.6 is 12.2 Å². The summed E-state index contributed by atoms with van der Waals surface area (Å²) in [7, 11) is 3.31. The van der Waals surface area contributed by atoms with Gasteiger partial charge < -0.3 is 24.8 Å². The van der Waals surface area contributed by atoms with Crippen LogP contribution in [0.5, 0.6) is 0 Å². The maximum Gasteiger partial charge on any atom is 0.248 e. The smallest absolute Gasteiger partial charge is 0.248 e. The average Bonchev–Trinajstić information content (AvgIpc) is 2.34. The van der Waals surface area contributed by atoms with E-state index >= 15 is 0 Å². The Balaban J connectivity index is 3.43. The summed E-state index contributed by atoms with van der Waals surface area (Å²) in [5, 5.41) is 0. The van der Waals surface area contributed by atoms with Gasteiger partial charge in [0.15, 0.2) is 0 Å². The van der Waals surface area contributed by atoms with Crippen LogP contribution in [-0.4, -0.2) is 69.5 Å². The van der Waals surface area contributed by atoms with Gasteiger partial charge in [-0.2, -0.15) is 0 Å². The van der Waals surface area contributed by atoms with Crippen LogP contribution < -0.4 is 5.73 Å². The highest BCUT2D eigenvalue weighted by molar-refractivity contribution is 7.80. The molecule has 6 nitrogen and oxygen atoms in total. The second-order valence-corrected chi connectivity index (χ2v) is 4.21. The van der Waals surface area contributed by atoms with E-state index in [9.17, 15) is 4.79 Å². The third-order valence-corrected chi connectivity index (χ3v) is 2.35. The number of likely N-dealkylation sites (N-methyl/N-ethyl adjacent to an activating group) is 1. The van der Waals surface area contributed by atoms with Gasteiger partial charge in [-0.15, -0.1) is 0 Å². The number of carbonyl (C=O) groups is 1. The van der Waals surface area contributed by atoms with Crippen molar-refractivity contribution < 1.29 is 19.0 Å². The first kappa shape index (κ1) is 17.2. The molecule has 1 amide bonds. The van der Waals surface area contributed by atoms with Gasteiger partial charge in [0.2, 0.25) is 5.91 Å². The molecule has 0 bridgehead atoms. The third-order valence-electron chi connectivity index (χ3n) is 2.15. The van der Waals surface area contributed by atoms with Gasteiger partial charge in [0.1, 0.15) is 6.61 Å².